The number of allylic oxidation sites excluding steroid dienone is 11. The molecule has 0 saturated carbocycles. The van der Waals surface area contributed by atoms with Crippen LogP contribution in [0, 0.1) is 0 Å². The van der Waals surface area contributed by atoms with E-state index < -0.39 is 97.5 Å². The SMILES string of the molecule is CC/C=C\C=C\CC=CCC/C=C/CC(=O)O[C@H](COC(=O)CC/C=C\CCCCCCCCC)COP(=O)(O)OC[C@@H](O)COP(=O)(O)OC[C@@H](COC(=O)CCCCCCC/C=C/CCCCC)OC(=O)CCCCCCCC. The van der Waals surface area contributed by atoms with Crippen molar-refractivity contribution in [2.24, 2.45) is 0 Å². The van der Waals surface area contributed by atoms with Crippen LogP contribution >= 0.6 is 15.6 Å². The Morgan fingerprint density at radius 1 is 0.383 bits per heavy atom. The second-order valence-corrected chi connectivity index (χ2v) is 23.2. The van der Waals surface area contributed by atoms with E-state index in [1.807, 2.05) is 36.5 Å². The number of phosphoric acid groups is 2. The molecule has 0 amide bonds. The lowest BCUT2D eigenvalue weighted by atomic mass is 10.1. The third-order valence-corrected chi connectivity index (χ3v) is 14.4. The zero-order valence-corrected chi connectivity index (χ0v) is 52.0. The number of aliphatic hydroxyl groups is 1. The Hall–Kier alpha value is -3.50. The number of carbonyl (C=O) groups is 4. The molecular weight excluding hydrogens is 1080 g/mol. The minimum Gasteiger partial charge on any atom is -0.462 e. The summed E-state index contributed by atoms with van der Waals surface area (Å²) in [5.74, 6) is -2.39. The second kappa shape index (κ2) is 55.7. The first-order valence-corrected chi connectivity index (χ1v) is 33.7. The fourth-order valence-electron chi connectivity index (χ4n) is 7.73. The molecule has 0 heterocycles. The predicted octanol–water partition coefficient (Wildman–Crippen LogP) is 15.8. The van der Waals surface area contributed by atoms with E-state index in [2.05, 4.69) is 58.1 Å². The van der Waals surface area contributed by atoms with Crippen molar-refractivity contribution in [2.45, 2.75) is 258 Å². The van der Waals surface area contributed by atoms with Crippen LogP contribution in [0.1, 0.15) is 240 Å². The van der Waals surface area contributed by atoms with Crippen LogP contribution in [0.5, 0.6) is 0 Å². The van der Waals surface area contributed by atoms with E-state index in [4.69, 9.17) is 37.0 Å². The highest BCUT2D eigenvalue weighted by atomic mass is 31.2. The Kier molecular flexibility index (Phi) is 53.3. The van der Waals surface area contributed by atoms with Gasteiger partial charge in [0.15, 0.2) is 12.2 Å². The third-order valence-electron chi connectivity index (χ3n) is 12.5. The molecule has 19 heteroatoms. The largest absolute Gasteiger partial charge is 0.472 e. The molecule has 81 heavy (non-hydrogen) atoms. The highest BCUT2D eigenvalue weighted by molar-refractivity contribution is 7.47. The first-order chi connectivity index (χ1) is 39.2. The maximum atomic E-state index is 12.9. The van der Waals surface area contributed by atoms with Gasteiger partial charge in [-0.15, -0.1) is 0 Å². The van der Waals surface area contributed by atoms with Gasteiger partial charge in [-0.05, 0) is 83.5 Å². The van der Waals surface area contributed by atoms with Crippen molar-refractivity contribution in [3.05, 3.63) is 72.9 Å². The van der Waals surface area contributed by atoms with Crippen LogP contribution in [0.25, 0.3) is 0 Å². The van der Waals surface area contributed by atoms with Gasteiger partial charge in [0.1, 0.15) is 19.3 Å². The number of hydrogen-bond donors (Lipinski definition) is 3. The lowest BCUT2D eigenvalue weighted by molar-refractivity contribution is -0.161. The molecule has 0 bridgehead atoms. The topological polar surface area (TPSA) is 237 Å². The molecule has 2 unspecified atom stereocenters. The molecule has 5 atom stereocenters. The smallest absolute Gasteiger partial charge is 0.462 e. The quantitative estimate of drug-likeness (QED) is 0.0128. The first kappa shape index (κ1) is 77.5. The zero-order valence-electron chi connectivity index (χ0n) is 50.2. The van der Waals surface area contributed by atoms with E-state index in [0.29, 0.717) is 25.7 Å². The Balaban J connectivity index is 5.30. The van der Waals surface area contributed by atoms with E-state index in [-0.39, 0.29) is 25.7 Å². The van der Waals surface area contributed by atoms with Crippen LogP contribution in [0.2, 0.25) is 0 Å². The summed E-state index contributed by atoms with van der Waals surface area (Å²) in [7, 11) is -9.93. The average molecular weight is 1190 g/mol. The van der Waals surface area contributed by atoms with Crippen molar-refractivity contribution >= 4 is 39.5 Å². The van der Waals surface area contributed by atoms with Crippen molar-refractivity contribution < 1.29 is 80.2 Å². The van der Waals surface area contributed by atoms with Crippen LogP contribution < -0.4 is 0 Å². The molecule has 0 aliphatic rings. The molecule has 468 valence electrons. The molecule has 17 nitrogen and oxygen atoms in total. The monoisotopic (exact) mass is 1190 g/mol. The summed E-state index contributed by atoms with van der Waals surface area (Å²) < 4.78 is 67.4. The van der Waals surface area contributed by atoms with Crippen molar-refractivity contribution in [1.29, 1.82) is 0 Å². The van der Waals surface area contributed by atoms with E-state index in [1.54, 1.807) is 6.08 Å². The number of unbranched alkanes of at least 4 members (excludes halogenated alkanes) is 21. The summed E-state index contributed by atoms with van der Waals surface area (Å²) in [5, 5.41) is 10.5. The van der Waals surface area contributed by atoms with Gasteiger partial charge in [0.25, 0.3) is 0 Å². The summed E-state index contributed by atoms with van der Waals surface area (Å²) in [6, 6.07) is 0. The standard InChI is InChI=1S/C62H108O17P2/c1-5-9-13-17-21-24-27-30-33-36-40-43-47-60(65)72-52-57(78-61(66)48-44-38-20-16-12-8-4)54-76-80(68,69)74-50-56(63)51-75-81(70,71)77-55-58(53-73-59(64)46-42-39-35-32-29-26-23-19-15-11-7-3)79-62(67)49-45-41-37-34-31-28-25-22-18-14-10-6-2/h10,14,18,21-22,24,28,31,35,39,41,45,56-58,63H,5-9,11-13,15-17,19-20,23,25-27,29-30,32-34,36-38,40,42-44,46-55H2,1-4H3,(H,68,69)(H,70,71)/b14-10-,22-18+,24-21+,31-28?,39-35-,45-41+/t56-,57+,58+/m0/s1. The maximum Gasteiger partial charge on any atom is 0.472 e. The van der Waals surface area contributed by atoms with Gasteiger partial charge in [0.2, 0.25) is 0 Å². The summed E-state index contributed by atoms with van der Waals surface area (Å²) >= 11 is 0. The van der Waals surface area contributed by atoms with E-state index in [0.717, 1.165) is 109 Å². The van der Waals surface area contributed by atoms with Crippen molar-refractivity contribution in [1.82, 2.24) is 0 Å². The fourth-order valence-corrected chi connectivity index (χ4v) is 9.31. The number of ether oxygens (including phenoxy) is 4. The Labute approximate surface area is 488 Å². The fraction of sp³-hybridized carbons (Fsp3) is 0.742. The summed E-state index contributed by atoms with van der Waals surface area (Å²) in [5.41, 5.74) is 0. The summed E-state index contributed by atoms with van der Waals surface area (Å²) in [6.07, 6.45) is 49.1. The number of carbonyl (C=O) groups excluding carboxylic acids is 4. The normalized spacial score (nSPS) is 14.8. The summed E-state index contributed by atoms with van der Waals surface area (Å²) in [6.45, 7) is 4.41. The minimum atomic E-state index is -4.98. The minimum absolute atomic E-state index is 0.0624. The van der Waals surface area contributed by atoms with Crippen LogP contribution in [0.3, 0.4) is 0 Å². The molecular formula is C62H108O17P2. The summed E-state index contributed by atoms with van der Waals surface area (Å²) in [4.78, 5) is 71.7. The lowest BCUT2D eigenvalue weighted by Crippen LogP contribution is -2.30. The van der Waals surface area contributed by atoms with Crippen LogP contribution in [-0.4, -0.2) is 96.7 Å². The lowest BCUT2D eigenvalue weighted by Gasteiger charge is -2.21. The molecule has 0 aromatic heterocycles. The second-order valence-electron chi connectivity index (χ2n) is 20.3. The molecule has 0 fully saturated rings. The van der Waals surface area contributed by atoms with E-state index >= 15 is 0 Å². The molecule has 0 rings (SSSR count). The van der Waals surface area contributed by atoms with Crippen LogP contribution in [-0.2, 0) is 65.4 Å². The first-order valence-electron chi connectivity index (χ1n) is 30.7. The van der Waals surface area contributed by atoms with Gasteiger partial charge in [0.05, 0.1) is 32.8 Å². The average Bonchev–Trinajstić information content (AvgIpc) is 3.44. The van der Waals surface area contributed by atoms with Crippen LogP contribution in [0.4, 0.5) is 0 Å². The van der Waals surface area contributed by atoms with E-state index in [1.165, 1.54) is 51.4 Å². The van der Waals surface area contributed by atoms with Crippen molar-refractivity contribution in [3.8, 4) is 0 Å². The highest BCUT2D eigenvalue weighted by Crippen LogP contribution is 2.45. The van der Waals surface area contributed by atoms with Gasteiger partial charge in [-0.1, -0.05) is 203 Å². The van der Waals surface area contributed by atoms with Gasteiger partial charge in [0, 0.05) is 19.3 Å². The van der Waals surface area contributed by atoms with E-state index in [9.17, 15) is 43.2 Å². The van der Waals surface area contributed by atoms with Gasteiger partial charge < -0.3 is 33.8 Å². The van der Waals surface area contributed by atoms with Crippen LogP contribution in [0.15, 0.2) is 72.9 Å². The zero-order chi connectivity index (χ0) is 59.8. The molecule has 3 N–H and O–H groups in total. The predicted molar refractivity (Wildman–Crippen MR) is 321 cm³/mol. The number of aliphatic hydroxyl groups excluding tert-OH is 1. The van der Waals surface area contributed by atoms with Crippen molar-refractivity contribution in [3.63, 3.8) is 0 Å². The van der Waals surface area contributed by atoms with Gasteiger partial charge in [-0.3, -0.25) is 37.3 Å². The molecule has 0 aliphatic carbocycles. The number of rotatable bonds is 57. The Morgan fingerprint density at radius 2 is 0.765 bits per heavy atom. The van der Waals surface area contributed by atoms with Gasteiger partial charge in [-0.25, -0.2) is 9.13 Å². The molecule has 0 saturated heterocycles. The Morgan fingerprint density at radius 3 is 1.28 bits per heavy atom. The molecule has 0 aromatic rings. The molecule has 0 aromatic carbocycles. The Bertz CT molecular complexity index is 1850. The third kappa shape index (κ3) is 55.5. The number of phosphoric ester groups is 2. The molecule has 0 radical (unpaired) electrons. The molecule has 0 aliphatic heterocycles. The number of esters is 4. The van der Waals surface area contributed by atoms with Gasteiger partial charge >= 0.3 is 39.5 Å². The molecule has 0 spiro atoms. The number of hydrogen-bond acceptors (Lipinski definition) is 15. The maximum absolute atomic E-state index is 12.9. The highest BCUT2D eigenvalue weighted by Gasteiger charge is 2.30. The van der Waals surface area contributed by atoms with Gasteiger partial charge in [-0.2, -0.15) is 0 Å². The van der Waals surface area contributed by atoms with Crippen molar-refractivity contribution in [2.75, 3.05) is 39.6 Å².